The van der Waals surface area contributed by atoms with Crippen molar-refractivity contribution in [3.63, 3.8) is 0 Å². The molecule has 5 heteroatoms. The Morgan fingerprint density at radius 1 is 1.31 bits per heavy atom. The van der Waals surface area contributed by atoms with Crippen molar-refractivity contribution < 1.29 is 14.6 Å². The van der Waals surface area contributed by atoms with E-state index in [1.54, 1.807) is 6.20 Å². The molecule has 5 nitrogen and oxygen atoms in total. The maximum absolute atomic E-state index is 11.7. The molecule has 0 amide bonds. The molecule has 1 atom stereocenters. The number of rotatable bonds is 6. The molecule has 1 N–H and O–H groups in total. The lowest BCUT2D eigenvalue weighted by atomic mass is 9.83. The number of hydrogen-bond donors (Lipinski definition) is 1. The van der Waals surface area contributed by atoms with Gasteiger partial charge in [-0.1, -0.05) is 39.3 Å². The molecule has 1 aromatic heterocycles. The van der Waals surface area contributed by atoms with Crippen molar-refractivity contribution >= 4 is 5.97 Å². The highest BCUT2D eigenvalue weighted by Gasteiger charge is 2.29. The molecule has 2 heterocycles. The van der Waals surface area contributed by atoms with E-state index in [-0.39, 0.29) is 5.41 Å². The van der Waals surface area contributed by atoms with Gasteiger partial charge in [0.15, 0.2) is 0 Å². The first-order valence-corrected chi connectivity index (χ1v) is 10.4. The first-order chi connectivity index (χ1) is 13.8. The summed E-state index contributed by atoms with van der Waals surface area (Å²) in [5.74, 6) is 0.102. The first-order valence-electron chi connectivity index (χ1n) is 10.4. The Morgan fingerprint density at radius 3 is 2.76 bits per heavy atom. The number of piperidine rings is 1. The van der Waals surface area contributed by atoms with Crippen LogP contribution in [0.15, 0.2) is 36.7 Å². The Labute approximate surface area is 173 Å². The number of hydrogen-bond acceptors (Lipinski definition) is 4. The lowest BCUT2D eigenvalue weighted by Crippen LogP contribution is -2.44. The summed E-state index contributed by atoms with van der Waals surface area (Å²) in [5, 5.41) is 9.63. The topological polar surface area (TPSA) is 62.7 Å². The number of carbonyl (C=O) groups is 1. The molecule has 3 rings (SSSR count). The van der Waals surface area contributed by atoms with Gasteiger partial charge in [-0.05, 0) is 55.0 Å². The lowest BCUT2D eigenvalue weighted by Gasteiger charge is -2.33. The van der Waals surface area contributed by atoms with Crippen LogP contribution in [0.4, 0.5) is 0 Å². The van der Waals surface area contributed by atoms with Crippen LogP contribution in [0.5, 0.6) is 5.75 Å². The summed E-state index contributed by atoms with van der Waals surface area (Å²) < 4.78 is 6.24. The van der Waals surface area contributed by atoms with Crippen LogP contribution < -0.4 is 4.74 Å². The largest absolute Gasteiger partial charge is 0.489 e. The van der Waals surface area contributed by atoms with Crippen LogP contribution in [0.3, 0.4) is 0 Å². The number of pyridine rings is 1. The van der Waals surface area contributed by atoms with Gasteiger partial charge in [-0.3, -0.25) is 14.7 Å². The molecule has 0 bridgehead atoms. The van der Waals surface area contributed by atoms with Gasteiger partial charge in [0.05, 0.1) is 0 Å². The van der Waals surface area contributed by atoms with Crippen molar-refractivity contribution in [2.75, 3.05) is 6.54 Å². The van der Waals surface area contributed by atoms with Gasteiger partial charge in [0.25, 0.3) is 0 Å². The van der Waals surface area contributed by atoms with Crippen LogP contribution in [0, 0.1) is 6.92 Å². The Kier molecular flexibility index (Phi) is 6.58. The molecule has 1 aromatic carbocycles. The van der Waals surface area contributed by atoms with Crippen LogP contribution in [0.1, 0.15) is 62.3 Å². The van der Waals surface area contributed by atoms with E-state index in [0.717, 1.165) is 36.3 Å². The van der Waals surface area contributed by atoms with Crippen molar-refractivity contribution in [3.8, 4) is 5.75 Å². The predicted molar refractivity (Wildman–Crippen MR) is 114 cm³/mol. The standard InChI is InChI=1S/C24H32N2O3/c1-17-12-19(15-26-11-6-5-9-21(26)23(27)28)22(13-20(17)24(2,3)4)29-16-18-8-7-10-25-14-18/h7-8,10,12-14,21H,5-6,9,11,15-16H2,1-4H3,(H,27,28)/t21-/m0/s1. The normalized spacial score (nSPS) is 17.9. The number of aromatic nitrogens is 1. The molecule has 1 saturated heterocycles. The average Bonchev–Trinajstić information content (AvgIpc) is 2.67. The van der Waals surface area contributed by atoms with Crippen molar-refractivity contribution in [1.29, 1.82) is 0 Å². The van der Waals surface area contributed by atoms with Crippen molar-refractivity contribution in [2.24, 2.45) is 0 Å². The number of ether oxygens (including phenoxy) is 1. The summed E-state index contributed by atoms with van der Waals surface area (Å²) in [6.45, 7) is 10.6. The zero-order chi connectivity index (χ0) is 21.0. The number of likely N-dealkylation sites (tertiary alicyclic amines) is 1. The van der Waals surface area contributed by atoms with Gasteiger partial charge >= 0.3 is 5.97 Å². The first kappa shape index (κ1) is 21.3. The highest BCUT2D eigenvalue weighted by Crippen LogP contribution is 2.34. The molecule has 0 aliphatic carbocycles. The number of carboxylic acids is 1. The molecule has 1 aliphatic rings. The summed E-state index contributed by atoms with van der Waals surface area (Å²) in [6.07, 6.45) is 6.28. The highest BCUT2D eigenvalue weighted by atomic mass is 16.5. The minimum absolute atomic E-state index is 0.00372. The number of benzene rings is 1. The van der Waals surface area contributed by atoms with E-state index in [1.165, 1.54) is 11.1 Å². The summed E-state index contributed by atoms with van der Waals surface area (Å²) in [5.41, 5.74) is 4.52. The fraction of sp³-hybridized carbons (Fsp3) is 0.500. The van der Waals surface area contributed by atoms with Crippen LogP contribution in [-0.4, -0.2) is 33.5 Å². The van der Waals surface area contributed by atoms with Gasteiger partial charge in [-0.25, -0.2) is 0 Å². The second-order valence-corrected chi connectivity index (χ2v) is 9.00. The molecule has 0 radical (unpaired) electrons. The molecule has 2 aromatic rings. The van der Waals surface area contributed by atoms with Gasteiger partial charge in [0, 0.05) is 30.1 Å². The number of carboxylic acid groups (broad SMARTS) is 1. The van der Waals surface area contributed by atoms with Gasteiger partial charge in [0.2, 0.25) is 0 Å². The lowest BCUT2D eigenvalue weighted by molar-refractivity contribution is -0.144. The molecule has 29 heavy (non-hydrogen) atoms. The van der Waals surface area contributed by atoms with Crippen LogP contribution >= 0.6 is 0 Å². The zero-order valence-corrected chi connectivity index (χ0v) is 17.9. The third kappa shape index (κ3) is 5.36. The minimum atomic E-state index is -0.731. The maximum Gasteiger partial charge on any atom is 0.320 e. The van der Waals surface area contributed by atoms with Crippen LogP contribution in [-0.2, 0) is 23.4 Å². The Balaban J connectivity index is 1.91. The molecule has 0 saturated carbocycles. The van der Waals surface area contributed by atoms with E-state index in [2.05, 4.69) is 49.7 Å². The molecule has 1 aliphatic heterocycles. The van der Waals surface area contributed by atoms with Crippen molar-refractivity contribution in [3.05, 3.63) is 58.9 Å². The number of nitrogens with zero attached hydrogens (tertiary/aromatic N) is 2. The average molecular weight is 397 g/mol. The molecular weight excluding hydrogens is 364 g/mol. The van der Waals surface area contributed by atoms with Gasteiger partial charge in [0.1, 0.15) is 18.4 Å². The van der Waals surface area contributed by atoms with E-state index < -0.39 is 12.0 Å². The summed E-state index contributed by atoms with van der Waals surface area (Å²) in [7, 11) is 0. The second kappa shape index (κ2) is 8.95. The van der Waals surface area contributed by atoms with E-state index in [1.807, 2.05) is 18.3 Å². The third-order valence-corrected chi connectivity index (χ3v) is 5.60. The van der Waals surface area contributed by atoms with Gasteiger partial charge < -0.3 is 9.84 Å². The van der Waals surface area contributed by atoms with E-state index in [0.29, 0.717) is 19.6 Å². The van der Waals surface area contributed by atoms with E-state index in [9.17, 15) is 9.90 Å². The minimum Gasteiger partial charge on any atom is -0.489 e. The van der Waals surface area contributed by atoms with Gasteiger partial charge in [-0.2, -0.15) is 0 Å². The molecule has 156 valence electrons. The maximum atomic E-state index is 11.7. The molecular formula is C24H32N2O3. The van der Waals surface area contributed by atoms with Crippen molar-refractivity contribution in [1.82, 2.24) is 9.88 Å². The fourth-order valence-corrected chi connectivity index (χ4v) is 4.14. The Bertz CT molecular complexity index is 843. The third-order valence-electron chi connectivity index (χ3n) is 5.60. The van der Waals surface area contributed by atoms with Crippen molar-refractivity contribution in [2.45, 2.75) is 71.6 Å². The summed E-state index contributed by atoms with van der Waals surface area (Å²) in [6, 6.07) is 7.79. The number of aliphatic carboxylic acids is 1. The highest BCUT2D eigenvalue weighted by molar-refractivity contribution is 5.73. The second-order valence-electron chi connectivity index (χ2n) is 9.00. The summed E-state index contributed by atoms with van der Waals surface area (Å²) in [4.78, 5) is 18.0. The smallest absolute Gasteiger partial charge is 0.320 e. The van der Waals surface area contributed by atoms with Gasteiger partial charge in [-0.15, -0.1) is 0 Å². The fourth-order valence-electron chi connectivity index (χ4n) is 4.14. The summed E-state index contributed by atoms with van der Waals surface area (Å²) >= 11 is 0. The Hall–Kier alpha value is -2.40. The SMILES string of the molecule is Cc1cc(CN2CCCC[C@H]2C(=O)O)c(OCc2cccnc2)cc1C(C)(C)C. The number of aryl methyl sites for hydroxylation is 1. The molecule has 0 unspecified atom stereocenters. The van der Waals surface area contributed by atoms with E-state index in [4.69, 9.17) is 4.74 Å². The Morgan fingerprint density at radius 2 is 2.10 bits per heavy atom. The van der Waals surface area contributed by atoms with Crippen LogP contribution in [0.2, 0.25) is 0 Å². The molecule has 0 spiro atoms. The molecule has 1 fully saturated rings. The predicted octanol–water partition coefficient (Wildman–Crippen LogP) is 4.71. The van der Waals surface area contributed by atoms with E-state index >= 15 is 0 Å². The zero-order valence-electron chi connectivity index (χ0n) is 17.9. The quantitative estimate of drug-likeness (QED) is 0.766. The van der Waals surface area contributed by atoms with Crippen LogP contribution in [0.25, 0.3) is 0 Å². The monoisotopic (exact) mass is 396 g/mol.